The molecule has 154 valence electrons. The lowest BCUT2D eigenvalue weighted by atomic mass is 10.0. The van der Waals surface area contributed by atoms with E-state index in [1.54, 1.807) is 24.3 Å². The Bertz CT molecular complexity index is 1060. The zero-order valence-corrected chi connectivity index (χ0v) is 17.4. The summed E-state index contributed by atoms with van der Waals surface area (Å²) in [7, 11) is 0. The average molecular weight is 422 g/mol. The highest BCUT2D eigenvalue weighted by Gasteiger charge is 2.23. The van der Waals surface area contributed by atoms with Crippen LogP contribution in [0.25, 0.3) is 10.8 Å². The third-order valence-electron chi connectivity index (χ3n) is 5.47. The van der Waals surface area contributed by atoms with Gasteiger partial charge in [0, 0.05) is 30.2 Å². The number of halogens is 1. The molecule has 0 aliphatic carbocycles. The topological polar surface area (TPSA) is 61.4 Å². The number of amides is 2. The summed E-state index contributed by atoms with van der Waals surface area (Å²) in [5.74, 6) is -0.169. The van der Waals surface area contributed by atoms with Crippen LogP contribution in [-0.2, 0) is 4.79 Å². The maximum absolute atomic E-state index is 12.6. The van der Waals surface area contributed by atoms with Crippen molar-refractivity contribution in [2.75, 3.05) is 25.0 Å². The van der Waals surface area contributed by atoms with E-state index in [0.29, 0.717) is 17.1 Å². The second-order valence-electron chi connectivity index (χ2n) is 7.58. The van der Waals surface area contributed by atoms with Gasteiger partial charge in [-0.3, -0.25) is 14.5 Å². The molecule has 1 aliphatic heterocycles. The summed E-state index contributed by atoms with van der Waals surface area (Å²) in [4.78, 5) is 27.1. The van der Waals surface area contributed by atoms with Gasteiger partial charge in [0.05, 0.1) is 17.1 Å². The highest BCUT2D eigenvalue weighted by Crippen LogP contribution is 2.23. The Morgan fingerprint density at radius 1 is 0.933 bits per heavy atom. The Kier molecular flexibility index (Phi) is 6.31. The molecule has 6 heteroatoms. The Hall–Kier alpha value is -2.89. The molecule has 0 spiro atoms. The molecule has 1 saturated heterocycles. The van der Waals surface area contributed by atoms with Gasteiger partial charge in [-0.15, -0.1) is 0 Å². The number of piperidine rings is 1. The maximum atomic E-state index is 12.6. The van der Waals surface area contributed by atoms with E-state index < -0.39 is 0 Å². The predicted octanol–water partition coefficient (Wildman–Crippen LogP) is 4.33. The zero-order chi connectivity index (χ0) is 20.9. The minimum Gasteiger partial charge on any atom is -0.349 e. The number of carbonyl (C=O) groups excluding carboxylic acids is 2. The number of nitrogens with zero attached hydrogens (tertiary/aromatic N) is 1. The molecule has 0 aromatic heterocycles. The van der Waals surface area contributed by atoms with Gasteiger partial charge in [-0.05, 0) is 36.4 Å². The molecule has 4 rings (SSSR count). The lowest BCUT2D eigenvalue weighted by molar-refractivity contribution is -0.117. The Morgan fingerprint density at radius 2 is 1.63 bits per heavy atom. The van der Waals surface area contributed by atoms with Crippen molar-refractivity contribution in [1.82, 2.24) is 10.2 Å². The quantitative estimate of drug-likeness (QED) is 0.644. The van der Waals surface area contributed by atoms with E-state index in [-0.39, 0.29) is 17.9 Å². The first-order chi connectivity index (χ1) is 14.6. The Morgan fingerprint density at radius 3 is 2.43 bits per heavy atom. The molecular formula is C24H24ClN3O2. The van der Waals surface area contributed by atoms with Crippen molar-refractivity contribution in [3.05, 3.63) is 77.3 Å². The van der Waals surface area contributed by atoms with E-state index in [2.05, 4.69) is 15.5 Å². The molecule has 0 unspecified atom stereocenters. The van der Waals surface area contributed by atoms with Crippen LogP contribution in [0.3, 0.4) is 0 Å². The molecule has 2 amide bonds. The highest BCUT2D eigenvalue weighted by molar-refractivity contribution is 6.33. The van der Waals surface area contributed by atoms with Crippen LogP contribution in [0.4, 0.5) is 5.69 Å². The molecule has 0 saturated carbocycles. The van der Waals surface area contributed by atoms with Crippen molar-refractivity contribution in [2.45, 2.75) is 18.9 Å². The summed E-state index contributed by atoms with van der Waals surface area (Å²) < 4.78 is 0. The zero-order valence-electron chi connectivity index (χ0n) is 16.6. The van der Waals surface area contributed by atoms with E-state index in [1.807, 2.05) is 42.5 Å². The van der Waals surface area contributed by atoms with E-state index >= 15 is 0 Å². The lowest BCUT2D eigenvalue weighted by Gasteiger charge is -2.32. The number of fused-ring (bicyclic) bond motifs is 1. The summed E-state index contributed by atoms with van der Waals surface area (Å²) in [6, 6.07) is 21.1. The number of carbonyl (C=O) groups is 2. The first kappa shape index (κ1) is 20.4. The third kappa shape index (κ3) is 4.81. The molecule has 3 aromatic carbocycles. The molecule has 1 aliphatic rings. The van der Waals surface area contributed by atoms with Gasteiger partial charge in [-0.1, -0.05) is 60.1 Å². The van der Waals surface area contributed by atoms with Crippen molar-refractivity contribution >= 4 is 39.9 Å². The van der Waals surface area contributed by atoms with Crippen LogP contribution in [0.2, 0.25) is 5.02 Å². The number of likely N-dealkylation sites (tertiary alicyclic amines) is 1. The van der Waals surface area contributed by atoms with Gasteiger partial charge in [0.15, 0.2) is 0 Å². The number of benzene rings is 3. The van der Waals surface area contributed by atoms with Crippen LogP contribution < -0.4 is 10.6 Å². The molecule has 0 radical (unpaired) electrons. The average Bonchev–Trinajstić information content (AvgIpc) is 2.75. The van der Waals surface area contributed by atoms with Crippen molar-refractivity contribution in [3.63, 3.8) is 0 Å². The fourth-order valence-corrected chi connectivity index (χ4v) is 4.09. The van der Waals surface area contributed by atoms with Gasteiger partial charge in [-0.25, -0.2) is 0 Å². The molecule has 2 N–H and O–H groups in total. The number of anilines is 1. The third-order valence-corrected chi connectivity index (χ3v) is 5.80. The van der Waals surface area contributed by atoms with E-state index in [0.717, 1.165) is 42.4 Å². The van der Waals surface area contributed by atoms with Crippen LogP contribution in [0.1, 0.15) is 23.2 Å². The van der Waals surface area contributed by atoms with Crippen LogP contribution in [0.15, 0.2) is 66.7 Å². The number of hydrogen-bond acceptors (Lipinski definition) is 3. The van der Waals surface area contributed by atoms with Gasteiger partial charge >= 0.3 is 0 Å². The van der Waals surface area contributed by atoms with Crippen LogP contribution in [-0.4, -0.2) is 42.4 Å². The second-order valence-corrected chi connectivity index (χ2v) is 7.99. The summed E-state index contributed by atoms with van der Waals surface area (Å²) in [5.41, 5.74) is 1.33. The Balaban J connectivity index is 1.28. The maximum Gasteiger partial charge on any atom is 0.253 e. The van der Waals surface area contributed by atoms with Crippen LogP contribution >= 0.6 is 11.6 Å². The fourth-order valence-electron chi connectivity index (χ4n) is 3.87. The minimum atomic E-state index is -0.146. The molecule has 1 heterocycles. The predicted molar refractivity (Wildman–Crippen MR) is 121 cm³/mol. The number of rotatable bonds is 5. The molecule has 0 bridgehead atoms. The first-order valence-corrected chi connectivity index (χ1v) is 10.5. The van der Waals surface area contributed by atoms with Gasteiger partial charge in [0.2, 0.25) is 5.91 Å². The van der Waals surface area contributed by atoms with E-state index in [1.165, 1.54) is 0 Å². The SMILES string of the molecule is O=C(CN1CCC(NC(=O)c2ccccc2Cl)CC1)Nc1cccc2ccccc12. The summed E-state index contributed by atoms with van der Waals surface area (Å²) in [6.07, 6.45) is 1.61. The number of nitrogens with one attached hydrogen (secondary N) is 2. The first-order valence-electron chi connectivity index (χ1n) is 10.2. The van der Waals surface area contributed by atoms with E-state index in [9.17, 15) is 9.59 Å². The summed E-state index contributed by atoms with van der Waals surface area (Å²) in [6.45, 7) is 1.86. The van der Waals surface area contributed by atoms with Crippen LogP contribution in [0.5, 0.6) is 0 Å². The van der Waals surface area contributed by atoms with Crippen molar-refractivity contribution < 1.29 is 9.59 Å². The molecule has 3 aromatic rings. The minimum absolute atomic E-state index is 0.0232. The van der Waals surface area contributed by atoms with Crippen molar-refractivity contribution in [3.8, 4) is 0 Å². The normalized spacial score (nSPS) is 15.1. The molecule has 30 heavy (non-hydrogen) atoms. The largest absolute Gasteiger partial charge is 0.349 e. The summed E-state index contributed by atoms with van der Waals surface area (Å²) in [5, 5.41) is 8.69. The lowest BCUT2D eigenvalue weighted by Crippen LogP contribution is -2.46. The highest BCUT2D eigenvalue weighted by atomic mass is 35.5. The molecular weight excluding hydrogens is 398 g/mol. The van der Waals surface area contributed by atoms with Crippen molar-refractivity contribution in [2.24, 2.45) is 0 Å². The van der Waals surface area contributed by atoms with Gasteiger partial charge in [0.1, 0.15) is 0 Å². The summed E-state index contributed by atoms with van der Waals surface area (Å²) >= 11 is 6.11. The molecule has 1 fully saturated rings. The Labute approximate surface area is 181 Å². The van der Waals surface area contributed by atoms with Gasteiger partial charge < -0.3 is 10.6 Å². The molecule has 0 atom stereocenters. The standard InChI is InChI=1S/C24H24ClN3O2/c25-21-10-4-3-9-20(21)24(30)26-18-12-14-28(15-13-18)16-23(29)27-22-11-5-7-17-6-1-2-8-19(17)22/h1-11,18H,12-16H2,(H,26,30)(H,27,29). The van der Waals surface area contributed by atoms with Gasteiger partial charge in [-0.2, -0.15) is 0 Å². The fraction of sp³-hybridized carbons (Fsp3) is 0.250. The molecule has 5 nitrogen and oxygen atoms in total. The van der Waals surface area contributed by atoms with E-state index in [4.69, 9.17) is 11.6 Å². The smallest absolute Gasteiger partial charge is 0.253 e. The monoisotopic (exact) mass is 421 g/mol. The van der Waals surface area contributed by atoms with Gasteiger partial charge in [0.25, 0.3) is 5.91 Å². The van der Waals surface area contributed by atoms with Crippen molar-refractivity contribution in [1.29, 1.82) is 0 Å². The number of hydrogen-bond donors (Lipinski definition) is 2. The van der Waals surface area contributed by atoms with Crippen LogP contribution in [0, 0.1) is 0 Å². The second kappa shape index (κ2) is 9.28.